The van der Waals surface area contributed by atoms with Crippen molar-refractivity contribution in [2.75, 3.05) is 0 Å². The quantitative estimate of drug-likeness (QED) is 0.471. The van der Waals surface area contributed by atoms with E-state index in [0.717, 1.165) is 22.1 Å². The molecule has 0 fully saturated rings. The van der Waals surface area contributed by atoms with Crippen LogP contribution in [0.25, 0.3) is 22.1 Å². The maximum Gasteiger partial charge on any atom is 0.267 e. The van der Waals surface area contributed by atoms with Crippen LogP contribution in [0.3, 0.4) is 0 Å². The molecule has 0 spiro atoms. The summed E-state index contributed by atoms with van der Waals surface area (Å²) in [5.41, 5.74) is 2.89. The van der Waals surface area contributed by atoms with Gasteiger partial charge in [0.25, 0.3) is 11.8 Å². The van der Waals surface area contributed by atoms with Crippen molar-refractivity contribution in [2.24, 2.45) is 0 Å². The van der Waals surface area contributed by atoms with Gasteiger partial charge in [-0.15, -0.1) is 10.2 Å². The first-order chi connectivity index (χ1) is 13.9. The van der Waals surface area contributed by atoms with Gasteiger partial charge in [-0.3, -0.25) is 0 Å². The van der Waals surface area contributed by atoms with Gasteiger partial charge in [0.2, 0.25) is 0 Å². The number of fused-ring (bicyclic) bond motifs is 2. The summed E-state index contributed by atoms with van der Waals surface area (Å²) in [7, 11) is 0. The molecule has 0 aliphatic heterocycles. The predicted octanol–water partition coefficient (Wildman–Crippen LogP) is 2.68. The van der Waals surface area contributed by atoms with E-state index in [1.165, 1.54) is 22.1 Å². The molecule has 140 valence electrons. The lowest BCUT2D eigenvalue weighted by Gasteiger charge is -2.05. The molecular weight excluding hydrogens is 360 g/mol. The molecular formula is C18H16N8O2. The van der Waals surface area contributed by atoms with Crippen LogP contribution in [-0.4, -0.2) is 40.3 Å². The standard InChI is InChI=1S/C16H10N8O2.C2H6/c1-3-7-13-11(5-1)19-21-23(13)25-15-9-18-16(10-17-15)26-24-14-8-4-2-6-12(14)20-22-24;1-2/h1-10H;1-2H3. The van der Waals surface area contributed by atoms with Crippen molar-refractivity contribution in [1.82, 2.24) is 40.3 Å². The van der Waals surface area contributed by atoms with Crippen molar-refractivity contribution in [3.63, 3.8) is 0 Å². The molecule has 3 aromatic heterocycles. The van der Waals surface area contributed by atoms with E-state index in [4.69, 9.17) is 9.68 Å². The van der Waals surface area contributed by atoms with E-state index in [0.29, 0.717) is 0 Å². The van der Waals surface area contributed by atoms with Crippen LogP contribution in [0.4, 0.5) is 0 Å². The second kappa shape index (κ2) is 7.66. The Morgan fingerprint density at radius 3 is 1.50 bits per heavy atom. The van der Waals surface area contributed by atoms with E-state index in [1.54, 1.807) is 0 Å². The number of benzene rings is 2. The minimum absolute atomic E-state index is 0.247. The molecule has 0 unspecified atom stereocenters. The van der Waals surface area contributed by atoms with Gasteiger partial charge in [0.05, 0.1) is 12.4 Å². The van der Waals surface area contributed by atoms with Crippen LogP contribution < -0.4 is 9.68 Å². The molecule has 10 nitrogen and oxygen atoms in total. The fourth-order valence-electron chi connectivity index (χ4n) is 2.41. The van der Waals surface area contributed by atoms with Gasteiger partial charge in [0.1, 0.15) is 22.1 Å². The number of nitrogens with zero attached hydrogens (tertiary/aromatic N) is 8. The average molecular weight is 376 g/mol. The van der Waals surface area contributed by atoms with E-state index in [9.17, 15) is 0 Å². The SMILES string of the molecule is CC.c1ccc2c(c1)nnn2Oc1cnc(On2nnc3ccccc32)cn1. The summed E-state index contributed by atoms with van der Waals surface area (Å²) in [6.07, 6.45) is 2.84. The molecule has 2 aromatic carbocycles. The van der Waals surface area contributed by atoms with Crippen molar-refractivity contribution in [1.29, 1.82) is 0 Å². The highest BCUT2D eigenvalue weighted by Crippen LogP contribution is 2.15. The van der Waals surface area contributed by atoms with Gasteiger partial charge in [0, 0.05) is 0 Å². The van der Waals surface area contributed by atoms with E-state index in [2.05, 4.69) is 30.6 Å². The van der Waals surface area contributed by atoms with Crippen LogP contribution in [0.5, 0.6) is 11.8 Å². The maximum absolute atomic E-state index is 5.57. The number of para-hydroxylation sites is 2. The zero-order valence-electron chi connectivity index (χ0n) is 15.2. The third-order valence-electron chi connectivity index (χ3n) is 3.61. The van der Waals surface area contributed by atoms with Gasteiger partial charge < -0.3 is 9.68 Å². The maximum atomic E-state index is 5.57. The van der Waals surface area contributed by atoms with Crippen molar-refractivity contribution in [3.05, 3.63) is 60.9 Å². The highest BCUT2D eigenvalue weighted by molar-refractivity contribution is 5.74. The molecule has 0 saturated carbocycles. The molecule has 5 aromatic rings. The van der Waals surface area contributed by atoms with E-state index < -0.39 is 0 Å². The summed E-state index contributed by atoms with van der Waals surface area (Å²) in [6, 6.07) is 14.9. The second-order valence-electron chi connectivity index (χ2n) is 5.28. The van der Waals surface area contributed by atoms with E-state index >= 15 is 0 Å². The molecule has 0 aliphatic rings. The van der Waals surface area contributed by atoms with Gasteiger partial charge in [0.15, 0.2) is 0 Å². The third-order valence-corrected chi connectivity index (χ3v) is 3.61. The summed E-state index contributed by atoms with van der Waals surface area (Å²) in [5.74, 6) is 0.493. The van der Waals surface area contributed by atoms with Gasteiger partial charge in [-0.2, -0.15) is 0 Å². The normalized spacial score (nSPS) is 10.5. The molecule has 5 rings (SSSR count). The first-order valence-corrected chi connectivity index (χ1v) is 8.66. The molecule has 0 saturated heterocycles. The van der Waals surface area contributed by atoms with Crippen LogP contribution in [-0.2, 0) is 0 Å². The Bertz CT molecular complexity index is 1100. The van der Waals surface area contributed by atoms with Gasteiger partial charge in [-0.25, -0.2) is 9.97 Å². The Hall–Kier alpha value is -4.08. The van der Waals surface area contributed by atoms with Crippen molar-refractivity contribution < 1.29 is 9.68 Å². The van der Waals surface area contributed by atoms with Crippen molar-refractivity contribution >= 4 is 22.1 Å². The fraction of sp³-hybridized carbons (Fsp3) is 0.111. The van der Waals surface area contributed by atoms with E-state index in [1.807, 2.05) is 62.4 Å². The molecule has 10 heteroatoms. The average Bonchev–Trinajstić information content (AvgIpc) is 3.36. The monoisotopic (exact) mass is 376 g/mol. The Kier molecular flexibility index (Phi) is 4.74. The smallest absolute Gasteiger partial charge is 0.267 e. The zero-order valence-corrected chi connectivity index (χ0v) is 15.2. The van der Waals surface area contributed by atoms with Crippen LogP contribution in [0, 0.1) is 0 Å². The highest BCUT2D eigenvalue weighted by atomic mass is 16.7. The molecule has 0 bridgehead atoms. The molecule has 3 heterocycles. The predicted molar refractivity (Wildman–Crippen MR) is 100 cm³/mol. The van der Waals surface area contributed by atoms with Crippen molar-refractivity contribution in [3.8, 4) is 11.8 Å². The lowest BCUT2D eigenvalue weighted by atomic mass is 10.3. The molecule has 0 radical (unpaired) electrons. The van der Waals surface area contributed by atoms with Crippen LogP contribution in [0.15, 0.2) is 60.9 Å². The van der Waals surface area contributed by atoms with Crippen LogP contribution in [0.2, 0.25) is 0 Å². The number of hydrogen-bond acceptors (Lipinski definition) is 8. The van der Waals surface area contributed by atoms with Gasteiger partial charge >= 0.3 is 0 Å². The lowest BCUT2D eigenvalue weighted by molar-refractivity contribution is 0.164. The largest absolute Gasteiger partial charge is 0.334 e. The molecule has 0 aliphatic carbocycles. The zero-order chi connectivity index (χ0) is 19.3. The number of rotatable bonds is 4. The Morgan fingerprint density at radius 1 is 0.643 bits per heavy atom. The minimum atomic E-state index is 0.247. The third kappa shape index (κ3) is 3.30. The first-order valence-electron chi connectivity index (χ1n) is 8.66. The summed E-state index contributed by atoms with van der Waals surface area (Å²) in [6.45, 7) is 4.00. The summed E-state index contributed by atoms with van der Waals surface area (Å²) < 4.78 is 0. The first kappa shape index (κ1) is 17.3. The van der Waals surface area contributed by atoms with Crippen molar-refractivity contribution in [2.45, 2.75) is 13.8 Å². The highest BCUT2D eigenvalue weighted by Gasteiger charge is 2.09. The number of aromatic nitrogens is 8. The summed E-state index contributed by atoms with van der Waals surface area (Å²) in [4.78, 5) is 22.0. The van der Waals surface area contributed by atoms with E-state index in [-0.39, 0.29) is 11.8 Å². The van der Waals surface area contributed by atoms with Crippen LogP contribution in [0.1, 0.15) is 13.8 Å². The van der Waals surface area contributed by atoms with Gasteiger partial charge in [-0.05, 0) is 34.7 Å². The summed E-state index contributed by atoms with van der Waals surface area (Å²) >= 11 is 0. The lowest BCUT2D eigenvalue weighted by Crippen LogP contribution is -2.10. The van der Waals surface area contributed by atoms with Crippen LogP contribution >= 0.6 is 0 Å². The minimum Gasteiger partial charge on any atom is -0.334 e. The Balaban J connectivity index is 0.000000932. The topological polar surface area (TPSA) is 106 Å². The van der Waals surface area contributed by atoms with Gasteiger partial charge in [-0.1, -0.05) is 47.8 Å². The fourth-order valence-corrected chi connectivity index (χ4v) is 2.41. The Morgan fingerprint density at radius 2 is 1.07 bits per heavy atom. The summed E-state index contributed by atoms with van der Waals surface area (Å²) in [5, 5.41) is 15.9. The Labute approximate surface area is 159 Å². The number of hydrogen-bond donors (Lipinski definition) is 0. The molecule has 0 amide bonds. The second-order valence-corrected chi connectivity index (χ2v) is 5.28. The molecule has 0 N–H and O–H groups in total. The molecule has 0 atom stereocenters. The molecule has 28 heavy (non-hydrogen) atoms.